The number of aliphatic hydroxyl groups is 1. The van der Waals surface area contributed by atoms with Gasteiger partial charge in [0.15, 0.2) is 0 Å². The number of aliphatic hydroxyl groups excluding tert-OH is 1. The highest BCUT2D eigenvalue weighted by atomic mass is 32.1. The van der Waals surface area contributed by atoms with Gasteiger partial charge in [0.25, 0.3) is 5.91 Å². The molecule has 4 heteroatoms. The van der Waals surface area contributed by atoms with Gasteiger partial charge in [0, 0.05) is 12.1 Å². The quantitative estimate of drug-likeness (QED) is 0.901. The molecule has 2 rings (SSSR count). The van der Waals surface area contributed by atoms with Crippen molar-refractivity contribution in [2.75, 3.05) is 6.54 Å². The van der Waals surface area contributed by atoms with E-state index in [9.17, 15) is 9.90 Å². The van der Waals surface area contributed by atoms with Gasteiger partial charge in [0.1, 0.15) is 0 Å². The number of carbonyl (C=O) groups is 1. The second-order valence-corrected chi connectivity index (χ2v) is 5.44. The number of nitrogens with one attached hydrogen (secondary N) is 1. The monoisotopic (exact) mass is 275 g/mol. The number of amides is 1. The Labute approximate surface area is 116 Å². The van der Waals surface area contributed by atoms with Crippen LogP contribution in [0.3, 0.4) is 0 Å². The molecule has 100 valence electrons. The van der Waals surface area contributed by atoms with Crippen LogP contribution in [0.2, 0.25) is 0 Å². The molecule has 3 nitrogen and oxygen atoms in total. The molecule has 0 aliphatic rings. The van der Waals surface area contributed by atoms with Crippen LogP contribution in [0.25, 0.3) is 0 Å². The third-order valence-corrected chi connectivity index (χ3v) is 3.57. The standard InChI is InChI=1S/C15H17NO2S/c1-10-5-11(2)7-13(6-10)15(18)16-8-14(17)12-3-4-19-9-12/h3-7,9,14,17H,8H2,1-2H3,(H,16,18). The number of thiophene rings is 1. The third-order valence-electron chi connectivity index (χ3n) is 2.87. The fourth-order valence-corrected chi connectivity index (χ4v) is 2.69. The van der Waals surface area contributed by atoms with Crippen LogP contribution in [0.15, 0.2) is 35.0 Å². The molecule has 2 N–H and O–H groups in total. The predicted octanol–water partition coefficient (Wildman–Crippen LogP) is 2.83. The van der Waals surface area contributed by atoms with Crippen LogP contribution in [0, 0.1) is 13.8 Å². The number of carbonyl (C=O) groups excluding carboxylic acids is 1. The number of hydrogen-bond donors (Lipinski definition) is 2. The summed E-state index contributed by atoms with van der Waals surface area (Å²) < 4.78 is 0. The largest absolute Gasteiger partial charge is 0.387 e. The Morgan fingerprint density at radius 3 is 2.58 bits per heavy atom. The molecular weight excluding hydrogens is 258 g/mol. The van der Waals surface area contributed by atoms with Gasteiger partial charge in [-0.3, -0.25) is 4.79 Å². The second-order valence-electron chi connectivity index (χ2n) is 4.66. The third kappa shape index (κ3) is 3.66. The minimum Gasteiger partial charge on any atom is -0.387 e. The first-order valence-electron chi connectivity index (χ1n) is 6.13. The smallest absolute Gasteiger partial charge is 0.251 e. The number of benzene rings is 1. The SMILES string of the molecule is Cc1cc(C)cc(C(=O)NCC(O)c2ccsc2)c1. The van der Waals surface area contributed by atoms with Crippen molar-refractivity contribution < 1.29 is 9.90 Å². The fourth-order valence-electron chi connectivity index (χ4n) is 1.98. The Morgan fingerprint density at radius 2 is 2.00 bits per heavy atom. The topological polar surface area (TPSA) is 49.3 Å². The number of aryl methyl sites for hydroxylation is 2. The molecule has 19 heavy (non-hydrogen) atoms. The van der Waals surface area contributed by atoms with Gasteiger partial charge in [-0.15, -0.1) is 0 Å². The zero-order valence-corrected chi connectivity index (χ0v) is 11.8. The normalized spacial score (nSPS) is 12.2. The molecule has 0 aliphatic heterocycles. The molecule has 1 aromatic heterocycles. The fraction of sp³-hybridized carbons (Fsp3) is 0.267. The van der Waals surface area contributed by atoms with Gasteiger partial charge in [-0.1, -0.05) is 17.2 Å². The van der Waals surface area contributed by atoms with Gasteiger partial charge in [-0.05, 0) is 48.4 Å². The molecule has 1 heterocycles. The van der Waals surface area contributed by atoms with Gasteiger partial charge < -0.3 is 10.4 Å². The van der Waals surface area contributed by atoms with E-state index in [2.05, 4.69) is 5.32 Å². The van der Waals surface area contributed by atoms with E-state index in [1.54, 1.807) is 0 Å². The van der Waals surface area contributed by atoms with E-state index in [4.69, 9.17) is 0 Å². The summed E-state index contributed by atoms with van der Waals surface area (Å²) in [6.07, 6.45) is -0.652. The van der Waals surface area contributed by atoms with Crippen molar-refractivity contribution in [3.8, 4) is 0 Å². The average molecular weight is 275 g/mol. The van der Waals surface area contributed by atoms with E-state index in [0.29, 0.717) is 5.56 Å². The van der Waals surface area contributed by atoms with Gasteiger partial charge in [0.2, 0.25) is 0 Å². The Bertz CT molecular complexity index is 543. The molecule has 1 aromatic carbocycles. The molecular formula is C15H17NO2S. The van der Waals surface area contributed by atoms with Crippen molar-refractivity contribution in [3.63, 3.8) is 0 Å². The van der Waals surface area contributed by atoms with Gasteiger partial charge in [0.05, 0.1) is 6.10 Å². The summed E-state index contributed by atoms with van der Waals surface area (Å²) in [5, 5.41) is 16.5. The van der Waals surface area contributed by atoms with Crippen LogP contribution < -0.4 is 5.32 Å². The van der Waals surface area contributed by atoms with Gasteiger partial charge >= 0.3 is 0 Å². The minimum absolute atomic E-state index is 0.152. The summed E-state index contributed by atoms with van der Waals surface area (Å²) >= 11 is 1.53. The lowest BCUT2D eigenvalue weighted by atomic mass is 10.1. The zero-order valence-electron chi connectivity index (χ0n) is 11.0. The highest BCUT2D eigenvalue weighted by molar-refractivity contribution is 7.07. The molecule has 1 amide bonds. The summed E-state index contributed by atoms with van der Waals surface area (Å²) in [7, 11) is 0. The molecule has 0 saturated carbocycles. The summed E-state index contributed by atoms with van der Waals surface area (Å²) in [5.41, 5.74) is 3.59. The molecule has 0 spiro atoms. The van der Waals surface area contributed by atoms with E-state index in [1.807, 2.05) is 48.9 Å². The van der Waals surface area contributed by atoms with Gasteiger partial charge in [-0.2, -0.15) is 11.3 Å². The second kappa shape index (κ2) is 5.99. The molecule has 0 saturated heterocycles. The Kier molecular flexibility index (Phi) is 4.35. The molecule has 0 bridgehead atoms. The van der Waals surface area contributed by atoms with Crippen LogP contribution in [-0.2, 0) is 0 Å². The van der Waals surface area contributed by atoms with E-state index in [1.165, 1.54) is 11.3 Å². The first kappa shape index (κ1) is 13.8. The summed E-state index contributed by atoms with van der Waals surface area (Å²) in [6.45, 7) is 4.15. The molecule has 1 unspecified atom stereocenters. The van der Waals surface area contributed by atoms with Gasteiger partial charge in [-0.25, -0.2) is 0 Å². The number of hydrogen-bond acceptors (Lipinski definition) is 3. The maximum Gasteiger partial charge on any atom is 0.251 e. The van der Waals surface area contributed by atoms with E-state index >= 15 is 0 Å². The minimum atomic E-state index is -0.652. The Morgan fingerprint density at radius 1 is 1.32 bits per heavy atom. The van der Waals surface area contributed by atoms with Crippen LogP contribution in [0.4, 0.5) is 0 Å². The average Bonchev–Trinajstić information content (AvgIpc) is 2.88. The molecule has 0 fully saturated rings. The first-order valence-corrected chi connectivity index (χ1v) is 7.07. The lowest BCUT2D eigenvalue weighted by molar-refractivity contribution is 0.0916. The molecule has 0 radical (unpaired) electrons. The number of rotatable bonds is 4. The highest BCUT2D eigenvalue weighted by Gasteiger charge is 2.11. The Hall–Kier alpha value is -1.65. The van der Waals surface area contributed by atoms with Crippen molar-refractivity contribution >= 4 is 17.2 Å². The lowest BCUT2D eigenvalue weighted by Crippen LogP contribution is -2.28. The van der Waals surface area contributed by atoms with Crippen molar-refractivity contribution in [1.29, 1.82) is 0 Å². The first-order chi connectivity index (χ1) is 9.06. The van der Waals surface area contributed by atoms with E-state index < -0.39 is 6.10 Å². The molecule has 0 aliphatic carbocycles. The summed E-state index contributed by atoms with van der Waals surface area (Å²) in [5.74, 6) is -0.152. The Balaban J connectivity index is 1.98. The van der Waals surface area contributed by atoms with Crippen LogP contribution in [0.5, 0.6) is 0 Å². The van der Waals surface area contributed by atoms with Crippen LogP contribution in [0.1, 0.15) is 33.2 Å². The highest BCUT2D eigenvalue weighted by Crippen LogP contribution is 2.15. The van der Waals surface area contributed by atoms with Crippen molar-refractivity contribution in [1.82, 2.24) is 5.32 Å². The van der Waals surface area contributed by atoms with Crippen molar-refractivity contribution in [3.05, 3.63) is 57.3 Å². The van der Waals surface area contributed by atoms with Crippen molar-refractivity contribution in [2.45, 2.75) is 20.0 Å². The van der Waals surface area contributed by atoms with Crippen molar-refractivity contribution in [2.24, 2.45) is 0 Å². The van der Waals surface area contributed by atoms with E-state index in [0.717, 1.165) is 16.7 Å². The predicted molar refractivity (Wildman–Crippen MR) is 77.5 cm³/mol. The maximum atomic E-state index is 12.0. The summed E-state index contributed by atoms with van der Waals surface area (Å²) in [4.78, 5) is 12.0. The van der Waals surface area contributed by atoms with E-state index in [-0.39, 0.29) is 12.5 Å². The summed E-state index contributed by atoms with van der Waals surface area (Å²) in [6, 6.07) is 7.58. The molecule has 2 aromatic rings. The van der Waals surface area contributed by atoms with Crippen LogP contribution in [-0.4, -0.2) is 17.6 Å². The zero-order chi connectivity index (χ0) is 13.8. The lowest BCUT2D eigenvalue weighted by Gasteiger charge is -2.11. The maximum absolute atomic E-state index is 12.0. The van der Waals surface area contributed by atoms with Crippen LogP contribution >= 0.6 is 11.3 Å². The molecule has 1 atom stereocenters.